The Morgan fingerprint density at radius 2 is 1.93 bits per heavy atom. The van der Waals surface area contributed by atoms with Gasteiger partial charge in [-0.2, -0.15) is 0 Å². The molecule has 0 aliphatic heterocycles. The molecule has 0 aliphatic rings. The number of methoxy groups -OCH3 is 1. The fraction of sp³-hybridized carbons (Fsp3) is 0.316. The van der Waals surface area contributed by atoms with Gasteiger partial charge in [-0.3, -0.25) is 14.4 Å². The van der Waals surface area contributed by atoms with Crippen LogP contribution in [-0.2, 0) is 16.0 Å². The number of furan rings is 1. The normalized spacial score (nSPS) is 12.7. The molecule has 0 fully saturated rings. The predicted molar refractivity (Wildman–Crippen MR) is 96.5 cm³/mol. The second-order valence-electron chi connectivity index (χ2n) is 5.97. The minimum atomic E-state index is -1.03. The van der Waals surface area contributed by atoms with Crippen LogP contribution in [-0.4, -0.2) is 42.6 Å². The Hall–Kier alpha value is -3.29. The number of para-hydroxylation sites is 1. The maximum atomic E-state index is 12.2. The lowest BCUT2D eigenvalue weighted by atomic mass is 9.98. The third-order valence-corrected chi connectivity index (χ3v) is 4.02. The van der Waals surface area contributed by atoms with E-state index in [2.05, 4.69) is 10.6 Å². The molecule has 8 heteroatoms. The number of carbonyl (C=O) groups is 3. The SMILES string of the molecule is COc1ccccc1CC(CNC(=O)C(C)NC(=O)c1ccco1)C(=O)O. The van der Waals surface area contributed by atoms with Crippen LogP contribution < -0.4 is 15.4 Å². The molecule has 0 saturated carbocycles. The highest BCUT2D eigenvalue weighted by atomic mass is 16.5. The smallest absolute Gasteiger partial charge is 0.308 e. The van der Waals surface area contributed by atoms with Gasteiger partial charge in [0.1, 0.15) is 11.8 Å². The van der Waals surface area contributed by atoms with Gasteiger partial charge in [-0.05, 0) is 37.1 Å². The van der Waals surface area contributed by atoms with Gasteiger partial charge in [-0.15, -0.1) is 0 Å². The van der Waals surface area contributed by atoms with Crippen molar-refractivity contribution in [1.29, 1.82) is 0 Å². The number of rotatable bonds is 9. The molecule has 1 heterocycles. The van der Waals surface area contributed by atoms with Crippen molar-refractivity contribution >= 4 is 17.8 Å². The third-order valence-electron chi connectivity index (χ3n) is 4.02. The van der Waals surface area contributed by atoms with Crippen LogP contribution in [0, 0.1) is 5.92 Å². The van der Waals surface area contributed by atoms with Gasteiger partial charge in [0.2, 0.25) is 5.91 Å². The highest BCUT2D eigenvalue weighted by Crippen LogP contribution is 2.21. The second kappa shape index (κ2) is 9.42. The average Bonchev–Trinajstić information content (AvgIpc) is 3.19. The van der Waals surface area contributed by atoms with E-state index in [1.165, 1.54) is 26.4 Å². The van der Waals surface area contributed by atoms with Gasteiger partial charge in [0.25, 0.3) is 5.91 Å². The number of nitrogens with one attached hydrogen (secondary N) is 2. The number of hydrogen-bond donors (Lipinski definition) is 3. The van der Waals surface area contributed by atoms with Crippen LogP contribution in [0.4, 0.5) is 0 Å². The molecule has 2 rings (SSSR count). The largest absolute Gasteiger partial charge is 0.496 e. The van der Waals surface area contributed by atoms with Crippen molar-refractivity contribution < 1.29 is 28.6 Å². The standard InChI is InChI=1S/C19H22N2O6/c1-12(21-18(23)16-8-5-9-27-16)17(22)20-11-14(19(24)25)10-13-6-3-4-7-15(13)26-2/h3-9,12,14H,10-11H2,1-2H3,(H,20,22)(H,21,23)(H,24,25). The van der Waals surface area contributed by atoms with Crippen LogP contribution >= 0.6 is 0 Å². The van der Waals surface area contributed by atoms with E-state index in [0.717, 1.165) is 5.56 Å². The van der Waals surface area contributed by atoms with Crippen LogP contribution in [0.1, 0.15) is 23.0 Å². The van der Waals surface area contributed by atoms with E-state index in [-0.39, 0.29) is 18.7 Å². The summed E-state index contributed by atoms with van der Waals surface area (Å²) in [6, 6.07) is 9.32. The molecule has 1 aromatic carbocycles. The zero-order chi connectivity index (χ0) is 19.8. The topological polar surface area (TPSA) is 118 Å². The summed E-state index contributed by atoms with van der Waals surface area (Å²) in [5.74, 6) is -2.19. The fourth-order valence-electron chi connectivity index (χ4n) is 2.50. The molecule has 8 nitrogen and oxygen atoms in total. The van der Waals surface area contributed by atoms with Crippen molar-refractivity contribution in [3.05, 3.63) is 54.0 Å². The van der Waals surface area contributed by atoms with Crippen molar-refractivity contribution in [1.82, 2.24) is 10.6 Å². The minimum Gasteiger partial charge on any atom is -0.496 e. The Balaban J connectivity index is 1.91. The van der Waals surface area contributed by atoms with Crippen LogP contribution in [0.15, 0.2) is 47.1 Å². The minimum absolute atomic E-state index is 0.0762. The Morgan fingerprint density at radius 3 is 2.56 bits per heavy atom. The van der Waals surface area contributed by atoms with Gasteiger partial charge in [-0.25, -0.2) is 0 Å². The maximum absolute atomic E-state index is 12.2. The molecular formula is C19H22N2O6. The van der Waals surface area contributed by atoms with E-state index < -0.39 is 29.7 Å². The summed E-state index contributed by atoms with van der Waals surface area (Å²) >= 11 is 0. The van der Waals surface area contributed by atoms with Gasteiger partial charge in [0.15, 0.2) is 5.76 Å². The van der Waals surface area contributed by atoms with Gasteiger partial charge >= 0.3 is 5.97 Å². The summed E-state index contributed by atoms with van der Waals surface area (Å²) in [5, 5.41) is 14.5. The number of ether oxygens (including phenoxy) is 1. The molecule has 0 saturated heterocycles. The van der Waals surface area contributed by atoms with E-state index >= 15 is 0 Å². The lowest BCUT2D eigenvalue weighted by Crippen LogP contribution is -2.46. The monoisotopic (exact) mass is 374 g/mol. The van der Waals surface area contributed by atoms with Crippen LogP contribution in [0.5, 0.6) is 5.75 Å². The van der Waals surface area contributed by atoms with Crippen molar-refractivity contribution in [3.8, 4) is 5.75 Å². The summed E-state index contributed by atoms with van der Waals surface area (Å²) in [6.07, 6.45) is 1.56. The second-order valence-corrected chi connectivity index (χ2v) is 5.97. The number of carbonyl (C=O) groups excluding carboxylic acids is 2. The van der Waals surface area contributed by atoms with E-state index in [1.807, 2.05) is 0 Å². The Morgan fingerprint density at radius 1 is 1.19 bits per heavy atom. The Labute approximate surface area is 156 Å². The van der Waals surface area contributed by atoms with Gasteiger partial charge in [0, 0.05) is 6.54 Å². The molecule has 0 spiro atoms. The van der Waals surface area contributed by atoms with Gasteiger partial charge in [-0.1, -0.05) is 18.2 Å². The third kappa shape index (κ3) is 5.60. The molecular weight excluding hydrogens is 352 g/mol. The zero-order valence-corrected chi connectivity index (χ0v) is 15.1. The van der Waals surface area contributed by atoms with Crippen molar-refractivity contribution in [2.75, 3.05) is 13.7 Å². The van der Waals surface area contributed by atoms with Crippen LogP contribution in [0.25, 0.3) is 0 Å². The molecule has 27 heavy (non-hydrogen) atoms. The number of carboxylic acids is 1. The predicted octanol–water partition coefficient (Wildman–Crippen LogP) is 1.47. The summed E-state index contributed by atoms with van der Waals surface area (Å²) in [6.45, 7) is 1.43. The molecule has 2 amide bonds. The Bertz CT molecular complexity index is 787. The Kier molecular flexibility index (Phi) is 6.99. The van der Waals surface area contributed by atoms with E-state index in [4.69, 9.17) is 9.15 Å². The average molecular weight is 374 g/mol. The molecule has 0 bridgehead atoms. The van der Waals surface area contributed by atoms with E-state index in [1.54, 1.807) is 30.3 Å². The number of amides is 2. The lowest BCUT2D eigenvalue weighted by molar-refractivity contribution is -0.141. The molecule has 2 unspecified atom stereocenters. The van der Waals surface area contributed by atoms with Crippen LogP contribution in [0.3, 0.4) is 0 Å². The van der Waals surface area contributed by atoms with Crippen LogP contribution in [0.2, 0.25) is 0 Å². The molecule has 2 aromatic rings. The van der Waals surface area contributed by atoms with Gasteiger partial charge < -0.3 is 24.9 Å². The molecule has 2 atom stereocenters. The summed E-state index contributed by atoms with van der Waals surface area (Å²) < 4.78 is 10.2. The number of carboxylic acid groups (broad SMARTS) is 1. The highest BCUT2D eigenvalue weighted by molar-refractivity contribution is 5.95. The summed E-state index contributed by atoms with van der Waals surface area (Å²) in [5.41, 5.74) is 0.737. The van der Waals surface area contributed by atoms with E-state index in [0.29, 0.717) is 5.75 Å². The van der Waals surface area contributed by atoms with Gasteiger partial charge in [0.05, 0.1) is 19.3 Å². The first-order chi connectivity index (χ1) is 12.9. The summed E-state index contributed by atoms with van der Waals surface area (Å²) in [4.78, 5) is 35.6. The molecule has 0 radical (unpaired) electrons. The number of aliphatic carboxylic acids is 1. The maximum Gasteiger partial charge on any atom is 0.308 e. The molecule has 0 aliphatic carbocycles. The molecule has 1 aromatic heterocycles. The van der Waals surface area contributed by atoms with Crippen molar-refractivity contribution in [2.24, 2.45) is 5.92 Å². The van der Waals surface area contributed by atoms with Crippen molar-refractivity contribution in [3.63, 3.8) is 0 Å². The quantitative estimate of drug-likeness (QED) is 0.612. The highest BCUT2D eigenvalue weighted by Gasteiger charge is 2.23. The number of benzene rings is 1. The fourth-order valence-corrected chi connectivity index (χ4v) is 2.50. The molecule has 3 N–H and O–H groups in total. The lowest BCUT2D eigenvalue weighted by Gasteiger charge is -2.18. The van der Waals surface area contributed by atoms with E-state index in [9.17, 15) is 19.5 Å². The number of hydrogen-bond acceptors (Lipinski definition) is 5. The van der Waals surface area contributed by atoms with Crippen molar-refractivity contribution in [2.45, 2.75) is 19.4 Å². The first kappa shape index (κ1) is 20.0. The first-order valence-electron chi connectivity index (χ1n) is 8.39. The zero-order valence-electron chi connectivity index (χ0n) is 15.1. The summed E-state index contributed by atoms with van der Waals surface area (Å²) in [7, 11) is 1.51. The molecule has 144 valence electrons. The first-order valence-corrected chi connectivity index (χ1v) is 8.39.